The maximum absolute atomic E-state index is 14.1. The molecule has 0 unspecified atom stereocenters. The van der Waals surface area contributed by atoms with Gasteiger partial charge in [0.2, 0.25) is 0 Å². The molecule has 0 saturated heterocycles. The fraction of sp³-hybridized carbons (Fsp3) is 0.129. The lowest BCUT2D eigenvalue weighted by molar-refractivity contribution is 0.826. The lowest BCUT2D eigenvalue weighted by atomic mass is 9.85. The van der Waals surface area contributed by atoms with Crippen molar-refractivity contribution in [2.45, 2.75) is 26.7 Å². The molecule has 200 valence electrons. The molecular weight excluding hydrogens is 504 g/mol. The third kappa shape index (κ3) is 3.99. The second kappa shape index (κ2) is 9.77. The third-order valence-electron chi connectivity index (χ3n) is 7.33. The van der Waals surface area contributed by atoms with E-state index in [1.165, 1.54) is 9.36 Å². The van der Waals surface area contributed by atoms with Crippen LogP contribution >= 0.6 is 0 Å². The van der Waals surface area contributed by atoms with Gasteiger partial charge in [-0.2, -0.15) is 0 Å². The van der Waals surface area contributed by atoms with Crippen LogP contribution < -0.4 is 16.7 Å². The molecular formula is C31H28N6O3. The summed E-state index contributed by atoms with van der Waals surface area (Å²) in [6, 6.07) is 27.9. The van der Waals surface area contributed by atoms with Gasteiger partial charge in [0.1, 0.15) is 0 Å². The molecule has 3 aromatic carbocycles. The molecule has 9 heteroatoms. The number of nitrogens with one attached hydrogen (secondary N) is 3. The van der Waals surface area contributed by atoms with Crippen molar-refractivity contribution in [3.8, 4) is 17.1 Å². The molecule has 0 atom stereocenters. The van der Waals surface area contributed by atoms with E-state index in [9.17, 15) is 14.4 Å². The van der Waals surface area contributed by atoms with Crippen LogP contribution in [0.4, 0.5) is 0 Å². The fourth-order valence-corrected chi connectivity index (χ4v) is 5.46. The van der Waals surface area contributed by atoms with Gasteiger partial charge in [-0.1, -0.05) is 54.6 Å². The molecule has 6 rings (SSSR count). The molecule has 9 nitrogen and oxygen atoms in total. The summed E-state index contributed by atoms with van der Waals surface area (Å²) in [5.74, 6) is -0.934. The van der Waals surface area contributed by atoms with Gasteiger partial charge >= 0.3 is 0 Å². The number of benzene rings is 3. The van der Waals surface area contributed by atoms with Crippen LogP contribution in [0.3, 0.4) is 0 Å². The highest BCUT2D eigenvalue weighted by Crippen LogP contribution is 2.33. The van der Waals surface area contributed by atoms with Crippen LogP contribution in [0.25, 0.3) is 17.1 Å². The first-order valence-electron chi connectivity index (χ1n) is 13.0. The Morgan fingerprint density at radius 3 is 1.27 bits per heavy atom. The van der Waals surface area contributed by atoms with Crippen LogP contribution in [0.1, 0.15) is 39.7 Å². The lowest BCUT2D eigenvalue weighted by Crippen LogP contribution is -2.28. The van der Waals surface area contributed by atoms with Crippen molar-refractivity contribution in [1.29, 1.82) is 0 Å². The molecule has 3 N–H and O–H groups in total. The van der Waals surface area contributed by atoms with E-state index in [4.69, 9.17) is 0 Å². The number of hydrogen-bond acceptors (Lipinski definition) is 3. The minimum absolute atomic E-state index is 0.328. The fourth-order valence-electron chi connectivity index (χ4n) is 5.46. The minimum Gasteiger partial charge on any atom is -0.295 e. The first-order chi connectivity index (χ1) is 19.4. The summed E-state index contributed by atoms with van der Waals surface area (Å²) in [6.07, 6.45) is 0. The Morgan fingerprint density at radius 2 is 0.875 bits per heavy atom. The largest absolute Gasteiger partial charge is 0.295 e. The van der Waals surface area contributed by atoms with Gasteiger partial charge in [-0.3, -0.25) is 34.4 Å². The average Bonchev–Trinajstić information content (AvgIpc) is 3.56. The first-order valence-corrected chi connectivity index (χ1v) is 13.0. The van der Waals surface area contributed by atoms with Crippen molar-refractivity contribution >= 4 is 0 Å². The van der Waals surface area contributed by atoms with Crippen LogP contribution in [0.2, 0.25) is 0 Å². The Hall–Kier alpha value is -5.31. The van der Waals surface area contributed by atoms with Crippen LogP contribution in [0.5, 0.6) is 0 Å². The first kappa shape index (κ1) is 25.0. The summed E-state index contributed by atoms with van der Waals surface area (Å²) in [6.45, 7) is 5.40. The van der Waals surface area contributed by atoms with Gasteiger partial charge in [-0.15, -0.1) is 0 Å². The third-order valence-corrected chi connectivity index (χ3v) is 7.33. The Kier molecular flexibility index (Phi) is 6.11. The highest BCUT2D eigenvalue weighted by molar-refractivity contribution is 5.49. The molecule has 3 heterocycles. The van der Waals surface area contributed by atoms with Crippen molar-refractivity contribution < 1.29 is 0 Å². The zero-order chi connectivity index (χ0) is 28.0. The molecule has 0 amide bonds. The van der Waals surface area contributed by atoms with Gasteiger partial charge in [-0.25, -0.2) is 9.36 Å². The van der Waals surface area contributed by atoms with Gasteiger partial charge in [0.15, 0.2) is 0 Å². The van der Waals surface area contributed by atoms with Crippen LogP contribution in [0, 0.1) is 20.8 Å². The molecule has 0 saturated carbocycles. The normalized spacial score (nSPS) is 11.4. The predicted molar refractivity (Wildman–Crippen MR) is 154 cm³/mol. The lowest BCUT2D eigenvalue weighted by Gasteiger charge is -2.15. The summed E-state index contributed by atoms with van der Waals surface area (Å²) in [5.41, 5.74) is 3.80. The maximum Gasteiger partial charge on any atom is 0.275 e. The van der Waals surface area contributed by atoms with Crippen LogP contribution in [-0.4, -0.2) is 29.3 Å². The summed E-state index contributed by atoms with van der Waals surface area (Å²) < 4.78 is 4.60. The maximum atomic E-state index is 14.1. The molecule has 0 bridgehead atoms. The van der Waals surface area contributed by atoms with E-state index in [2.05, 4.69) is 15.3 Å². The predicted octanol–water partition coefficient (Wildman–Crippen LogP) is 4.23. The zero-order valence-corrected chi connectivity index (χ0v) is 22.3. The molecule has 40 heavy (non-hydrogen) atoms. The summed E-state index contributed by atoms with van der Waals surface area (Å²) in [5, 5.41) is 9.27. The molecule has 0 aliphatic carbocycles. The topological polar surface area (TPSA) is 113 Å². The van der Waals surface area contributed by atoms with Crippen molar-refractivity contribution in [2.75, 3.05) is 0 Å². The molecule has 6 aromatic rings. The smallest absolute Gasteiger partial charge is 0.275 e. The van der Waals surface area contributed by atoms with E-state index in [1.54, 1.807) is 18.5 Å². The Balaban J connectivity index is 1.66. The van der Waals surface area contributed by atoms with E-state index in [0.717, 1.165) is 5.69 Å². The van der Waals surface area contributed by atoms with Gasteiger partial charge < -0.3 is 0 Å². The van der Waals surface area contributed by atoms with Gasteiger partial charge in [0, 0.05) is 17.1 Å². The van der Waals surface area contributed by atoms with Gasteiger partial charge in [0.25, 0.3) is 16.7 Å². The summed E-state index contributed by atoms with van der Waals surface area (Å²) in [7, 11) is 0. The van der Waals surface area contributed by atoms with Crippen molar-refractivity contribution in [1.82, 2.24) is 29.3 Å². The molecule has 0 aliphatic rings. The molecule has 0 radical (unpaired) electrons. The number of aromatic amines is 3. The van der Waals surface area contributed by atoms with E-state index >= 15 is 0 Å². The quantitative estimate of drug-likeness (QED) is 0.298. The number of rotatable bonds is 6. The monoisotopic (exact) mass is 532 g/mol. The number of nitrogens with zero attached hydrogens (tertiary/aromatic N) is 3. The number of H-pyrrole nitrogens is 3. The minimum atomic E-state index is -0.934. The van der Waals surface area contributed by atoms with Crippen LogP contribution in [0.15, 0.2) is 105 Å². The van der Waals surface area contributed by atoms with E-state index in [0.29, 0.717) is 45.1 Å². The van der Waals surface area contributed by atoms with E-state index < -0.39 is 5.92 Å². The summed E-state index contributed by atoms with van der Waals surface area (Å²) >= 11 is 0. The Bertz CT molecular complexity index is 1890. The highest BCUT2D eigenvalue weighted by Gasteiger charge is 2.35. The van der Waals surface area contributed by atoms with E-state index in [1.807, 2.05) is 97.9 Å². The average molecular weight is 533 g/mol. The second-order valence-electron chi connectivity index (χ2n) is 9.80. The Labute approximate surface area is 228 Å². The standard InChI is InChI=1S/C31H28N6O3/c1-19-25(30(39)36(32-19)23-15-9-5-10-16-23)28(26-20(2)33-37(31(26)40)24-17-11-6-12-18-24)27-21(3)35(34-29(27)38)22-13-7-4-8-14-22/h4-18,28,32-33H,1-3H3,(H,34,38). The molecule has 0 aliphatic heterocycles. The number of para-hydroxylation sites is 3. The molecule has 0 spiro atoms. The van der Waals surface area contributed by atoms with Crippen LogP contribution in [-0.2, 0) is 0 Å². The van der Waals surface area contributed by atoms with Gasteiger partial charge in [0.05, 0.1) is 39.7 Å². The zero-order valence-electron chi connectivity index (χ0n) is 22.3. The van der Waals surface area contributed by atoms with Crippen molar-refractivity contribution in [2.24, 2.45) is 0 Å². The summed E-state index contributed by atoms with van der Waals surface area (Å²) in [4.78, 5) is 41.8. The molecule has 3 aromatic heterocycles. The molecule has 0 fully saturated rings. The number of hydrogen-bond donors (Lipinski definition) is 3. The van der Waals surface area contributed by atoms with E-state index in [-0.39, 0.29) is 16.7 Å². The number of aromatic nitrogens is 6. The van der Waals surface area contributed by atoms with Crippen molar-refractivity contribution in [3.05, 3.63) is 156 Å². The highest BCUT2D eigenvalue weighted by atomic mass is 16.1. The van der Waals surface area contributed by atoms with Crippen molar-refractivity contribution in [3.63, 3.8) is 0 Å². The van der Waals surface area contributed by atoms with Gasteiger partial charge in [-0.05, 0) is 57.2 Å². The SMILES string of the molecule is Cc1[nH]n(-c2ccccc2)c(=O)c1C(c1c(C)n(-c2ccccc2)[nH]c1=O)c1c(C)[nH]n(-c2ccccc2)c1=O. The Morgan fingerprint density at radius 1 is 0.500 bits per heavy atom. The number of aryl methyl sites for hydroxylation is 2. The second-order valence-corrected chi connectivity index (χ2v) is 9.80.